The molecule has 2 heterocycles. The summed E-state index contributed by atoms with van der Waals surface area (Å²) in [6.07, 6.45) is 0. The van der Waals surface area contributed by atoms with Crippen LogP contribution in [-0.2, 0) is 0 Å². The van der Waals surface area contributed by atoms with Gasteiger partial charge < -0.3 is 4.42 Å². The second-order valence-electron chi connectivity index (χ2n) is 3.62. The van der Waals surface area contributed by atoms with Crippen molar-refractivity contribution in [3.8, 4) is 0 Å². The Morgan fingerprint density at radius 1 is 1.07 bits per heavy atom. The first kappa shape index (κ1) is 8.41. The molecule has 74 valence electrons. The molecular weight excluding hydrogens is 188 g/mol. The van der Waals surface area contributed by atoms with E-state index in [1.807, 2.05) is 38.1 Å². The van der Waals surface area contributed by atoms with Crippen molar-refractivity contribution >= 4 is 22.0 Å². The largest absolute Gasteiger partial charge is 0.439 e. The number of aromatic nitrogens is 2. The van der Waals surface area contributed by atoms with Crippen LogP contribution in [0.5, 0.6) is 0 Å². The van der Waals surface area contributed by atoms with E-state index < -0.39 is 0 Å². The van der Waals surface area contributed by atoms with Crippen molar-refractivity contribution < 1.29 is 4.42 Å². The van der Waals surface area contributed by atoms with Gasteiger partial charge in [0.2, 0.25) is 0 Å². The number of hydrogen-bond acceptors (Lipinski definition) is 3. The van der Waals surface area contributed by atoms with Crippen molar-refractivity contribution in [2.75, 3.05) is 0 Å². The Balaban J connectivity index is 2.63. The minimum absolute atomic E-state index is 0.686. The van der Waals surface area contributed by atoms with Crippen LogP contribution in [0.15, 0.2) is 28.7 Å². The predicted molar refractivity (Wildman–Crippen MR) is 58.8 cm³/mol. The topological polar surface area (TPSA) is 38.9 Å². The third kappa shape index (κ3) is 1.13. The van der Waals surface area contributed by atoms with E-state index in [9.17, 15) is 0 Å². The standard InChI is InChI=1S/C12H10N2O/c1-7-12-11(14-8(2)15-12)9-5-3-4-6-10(9)13-7/h3-6H,1-2H3. The van der Waals surface area contributed by atoms with Crippen molar-refractivity contribution in [1.82, 2.24) is 9.97 Å². The first-order chi connectivity index (χ1) is 7.25. The van der Waals surface area contributed by atoms with Gasteiger partial charge in [0.15, 0.2) is 11.5 Å². The Morgan fingerprint density at radius 3 is 2.73 bits per heavy atom. The molecule has 0 N–H and O–H groups in total. The molecule has 3 rings (SSSR count). The number of pyridine rings is 1. The zero-order chi connectivity index (χ0) is 10.4. The first-order valence-corrected chi connectivity index (χ1v) is 4.88. The maximum absolute atomic E-state index is 5.53. The minimum atomic E-state index is 0.686. The summed E-state index contributed by atoms with van der Waals surface area (Å²) >= 11 is 0. The van der Waals surface area contributed by atoms with Gasteiger partial charge in [-0.3, -0.25) is 0 Å². The molecule has 0 saturated heterocycles. The summed E-state index contributed by atoms with van der Waals surface area (Å²) in [5, 5.41) is 1.05. The minimum Gasteiger partial charge on any atom is -0.439 e. The Bertz CT molecular complexity index is 655. The van der Waals surface area contributed by atoms with Gasteiger partial charge in [-0.05, 0) is 13.0 Å². The maximum atomic E-state index is 5.53. The molecule has 2 aromatic heterocycles. The number of hydrogen-bond donors (Lipinski definition) is 0. The van der Waals surface area contributed by atoms with Crippen LogP contribution in [-0.4, -0.2) is 9.97 Å². The predicted octanol–water partition coefficient (Wildman–Crippen LogP) is 2.99. The second-order valence-corrected chi connectivity index (χ2v) is 3.62. The second kappa shape index (κ2) is 2.79. The van der Waals surface area contributed by atoms with Crippen molar-refractivity contribution in [1.29, 1.82) is 0 Å². The van der Waals surface area contributed by atoms with E-state index in [0.29, 0.717) is 5.89 Å². The van der Waals surface area contributed by atoms with Gasteiger partial charge in [-0.25, -0.2) is 9.97 Å². The highest BCUT2D eigenvalue weighted by Crippen LogP contribution is 2.25. The van der Waals surface area contributed by atoms with Crippen molar-refractivity contribution in [3.05, 3.63) is 35.9 Å². The lowest BCUT2D eigenvalue weighted by Crippen LogP contribution is -1.85. The quantitative estimate of drug-likeness (QED) is 0.557. The molecule has 0 radical (unpaired) electrons. The molecule has 0 atom stereocenters. The number of nitrogens with zero attached hydrogens (tertiary/aromatic N) is 2. The number of aryl methyl sites for hydroxylation is 2. The van der Waals surface area contributed by atoms with Crippen molar-refractivity contribution in [2.45, 2.75) is 13.8 Å². The van der Waals surface area contributed by atoms with Crippen LogP contribution in [0, 0.1) is 13.8 Å². The molecule has 1 aromatic carbocycles. The zero-order valence-corrected chi connectivity index (χ0v) is 8.61. The number of fused-ring (bicyclic) bond motifs is 3. The van der Waals surface area contributed by atoms with E-state index in [1.165, 1.54) is 0 Å². The average molecular weight is 198 g/mol. The molecule has 0 unspecified atom stereocenters. The lowest BCUT2D eigenvalue weighted by atomic mass is 10.2. The molecule has 0 bridgehead atoms. The molecule has 0 amide bonds. The smallest absolute Gasteiger partial charge is 0.192 e. The van der Waals surface area contributed by atoms with E-state index >= 15 is 0 Å². The molecule has 0 aliphatic rings. The maximum Gasteiger partial charge on any atom is 0.192 e. The molecule has 3 aromatic rings. The van der Waals surface area contributed by atoms with E-state index in [2.05, 4.69) is 9.97 Å². The van der Waals surface area contributed by atoms with Crippen LogP contribution in [0.1, 0.15) is 11.6 Å². The molecule has 3 nitrogen and oxygen atoms in total. The van der Waals surface area contributed by atoms with Gasteiger partial charge >= 0.3 is 0 Å². The fourth-order valence-electron chi connectivity index (χ4n) is 1.86. The summed E-state index contributed by atoms with van der Waals surface area (Å²) in [5.74, 6) is 0.686. The average Bonchev–Trinajstić information content (AvgIpc) is 2.61. The van der Waals surface area contributed by atoms with E-state index in [4.69, 9.17) is 4.42 Å². The Labute approximate surface area is 86.8 Å². The normalized spacial score (nSPS) is 11.3. The molecule has 0 aliphatic carbocycles. The highest BCUT2D eigenvalue weighted by Gasteiger charge is 2.10. The molecule has 0 spiro atoms. The fourth-order valence-corrected chi connectivity index (χ4v) is 1.86. The van der Waals surface area contributed by atoms with Gasteiger partial charge in [0.1, 0.15) is 5.52 Å². The molecular formula is C12H10N2O. The summed E-state index contributed by atoms with van der Waals surface area (Å²) in [6, 6.07) is 7.98. The summed E-state index contributed by atoms with van der Waals surface area (Å²) in [5.41, 5.74) is 3.57. The molecule has 0 fully saturated rings. The van der Waals surface area contributed by atoms with E-state index in [1.54, 1.807) is 0 Å². The summed E-state index contributed by atoms with van der Waals surface area (Å²) < 4.78 is 5.53. The van der Waals surface area contributed by atoms with Crippen LogP contribution in [0.25, 0.3) is 22.0 Å². The number of para-hydroxylation sites is 1. The molecule has 0 saturated carbocycles. The number of oxazole rings is 1. The number of rotatable bonds is 0. The fraction of sp³-hybridized carbons (Fsp3) is 0.167. The molecule has 3 heteroatoms. The Kier molecular flexibility index (Phi) is 1.57. The highest BCUT2D eigenvalue weighted by molar-refractivity contribution is 6.01. The first-order valence-electron chi connectivity index (χ1n) is 4.88. The lowest BCUT2D eigenvalue weighted by Gasteiger charge is -1.98. The van der Waals surface area contributed by atoms with Gasteiger partial charge in [-0.15, -0.1) is 0 Å². The summed E-state index contributed by atoms with van der Waals surface area (Å²) in [6.45, 7) is 3.80. The van der Waals surface area contributed by atoms with Gasteiger partial charge in [0.25, 0.3) is 0 Å². The van der Waals surface area contributed by atoms with Crippen molar-refractivity contribution in [2.24, 2.45) is 0 Å². The zero-order valence-electron chi connectivity index (χ0n) is 8.61. The third-order valence-electron chi connectivity index (χ3n) is 2.51. The van der Waals surface area contributed by atoms with Gasteiger partial charge in [0.05, 0.1) is 11.2 Å². The monoisotopic (exact) mass is 198 g/mol. The molecule has 15 heavy (non-hydrogen) atoms. The van der Waals surface area contributed by atoms with Crippen LogP contribution < -0.4 is 0 Å². The van der Waals surface area contributed by atoms with E-state index in [0.717, 1.165) is 27.7 Å². The van der Waals surface area contributed by atoms with Crippen LogP contribution in [0.4, 0.5) is 0 Å². The summed E-state index contributed by atoms with van der Waals surface area (Å²) in [4.78, 5) is 8.88. The Hall–Kier alpha value is -1.90. The highest BCUT2D eigenvalue weighted by atomic mass is 16.3. The lowest BCUT2D eigenvalue weighted by molar-refractivity contribution is 0.558. The van der Waals surface area contributed by atoms with Gasteiger partial charge in [-0.2, -0.15) is 0 Å². The van der Waals surface area contributed by atoms with E-state index in [-0.39, 0.29) is 0 Å². The molecule has 0 aliphatic heterocycles. The Morgan fingerprint density at radius 2 is 1.87 bits per heavy atom. The SMILES string of the molecule is Cc1nc2c(o1)c(C)nc1ccccc12. The third-order valence-corrected chi connectivity index (χ3v) is 2.51. The van der Waals surface area contributed by atoms with Crippen LogP contribution >= 0.6 is 0 Å². The number of benzene rings is 1. The van der Waals surface area contributed by atoms with Gasteiger partial charge in [0, 0.05) is 12.3 Å². The van der Waals surface area contributed by atoms with Gasteiger partial charge in [-0.1, -0.05) is 18.2 Å². The summed E-state index contributed by atoms with van der Waals surface area (Å²) in [7, 11) is 0. The van der Waals surface area contributed by atoms with Crippen molar-refractivity contribution in [3.63, 3.8) is 0 Å². The van der Waals surface area contributed by atoms with Crippen LogP contribution in [0.3, 0.4) is 0 Å². The van der Waals surface area contributed by atoms with Crippen LogP contribution in [0.2, 0.25) is 0 Å².